The third kappa shape index (κ3) is 2.30. The average molecular weight is 282 g/mol. The molecule has 0 saturated carbocycles. The lowest BCUT2D eigenvalue weighted by atomic mass is 9.85. The van der Waals surface area contributed by atoms with Crippen molar-refractivity contribution in [2.45, 2.75) is 19.4 Å². The maximum Gasteiger partial charge on any atom is 0.196 e. The summed E-state index contributed by atoms with van der Waals surface area (Å²) in [5.74, 6) is 0.826. The van der Waals surface area contributed by atoms with Crippen molar-refractivity contribution in [2.75, 3.05) is 25.2 Å². The fourth-order valence-corrected chi connectivity index (χ4v) is 2.77. The smallest absolute Gasteiger partial charge is 0.196 e. The summed E-state index contributed by atoms with van der Waals surface area (Å²) >= 11 is 6.31. The van der Waals surface area contributed by atoms with Crippen LogP contribution >= 0.6 is 11.6 Å². The molecule has 0 bridgehead atoms. The van der Waals surface area contributed by atoms with Crippen LogP contribution in [-0.4, -0.2) is 31.8 Å². The molecule has 1 aromatic carbocycles. The van der Waals surface area contributed by atoms with E-state index in [0.717, 1.165) is 5.69 Å². The van der Waals surface area contributed by atoms with Crippen LogP contribution in [0, 0.1) is 5.92 Å². The maximum absolute atomic E-state index is 6.31. The summed E-state index contributed by atoms with van der Waals surface area (Å²) in [6.07, 6.45) is 0. The zero-order chi connectivity index (χ0) is 14.0. The molecular weight excluding hydrogens is 262 g/mol. The number of methoxy groups -OCH3 is 1. The number of ether oxygens (including phenoxy) is 1. The summed E-state index contributed by atoms with van der Waals surface area (Å²) in [6, 6.07) is 7.68. The zero-order valence-electron chi connectivity index (χ0n) is 11.6. The fraction of sp³-hybridized carbons (Fsp3) is 0.500. The third-order valence-corrected chi connectivity index (χ3v) is 4.07. The molecule has 4 nitrogen and oxygen atoms in total. The van der Waals surface area contributed by atoms with Crippen molar-refractivity contribution >= 4 is 23.2 Å². The van der Waals surface area contributed by atoms with Crippen molar-refractivity contribution in [3.8, 4) is 0 Å². The first-order valence-corrected chi connectivity index (χ1v) is 6.74. The van der Waals surface area contributed by atoms with Crippen LogP contribution in [0.25, 0.3) is 0 Å². The summed E-state index contributed by atoms with van der Waals surface area (Å²) in [6.45, 7) is 5.48. The summed E-state index contributed by atoms with van der Waals surface area (Å²) < 4.78 is 5.42. The van der Waals surface area contributed by atoms with E-state index in [4.69, 9.17) is 22.1 Å². The largest absolute Gasteiger partial charge is 0.382 e. The van der Waals surface area contributed by atoms with Gasteiger partial charge < -0.3 is 15.4 Å². The van der Waals surface area contributed by atoms with E-state index in [1.807, 2.05) is 29.2 Å². The van der Waals surface area contributed by atoms with Crippen molar-refractivity contribution in [3.63, 3.8) is 0 Å². The highest BCUT2D eigenvalue weighted by Crippen LogP contribution is 2.38. The second-order valence-electron chi connectivity index (χ2n) is 5.15. The molecule has 0 radical (unpaired) electrons. The maximum atomic E-state index is 6.31. The van der Waals surface area contributed by atoms with Crippen LogP contribution in [0.15, 0.2) is 29.3 Å². The predicted octanol–water partition coefficient (Wildman–Crippen LogP) is 2.52. The molecule has 0 spiro atoms. The van der Waals surface area contributed by atoms with E-state index in [9.17, 15) is 0 Å². The van der Waals surface area contributed by atoms with Gasteiger partial charge in [-0.15, -0.1) is 0 Å². The Morgan fingerprint density at radius 1 is 1.47 bits per heavy atom. The lowest BCUT2D eigenvalue weighted by Crippen LogP contribution is -2.58. The van der Waals surface area contributed by atoms with Crippen LogP contribution in [0.2, 0.25) is 5.02 Å². The Hall–Kier alpha value is -1.26. The first-order chi connectivity index (χ1) is 9.03. The van der Waals surface area contributed by atoms with Gasteiger partial charge in [0.2, 0.25) is 0 Å². The standard InChI is InChI=1S/C14H20ClN3O/c1-10(2)14(9-19-3)8-17-13(16)18(14)12-7-5-4-6-11(12)15/h4-7,10H,8-9H2,1-3H3,(H2,16,17). The van der Waals surface area contributed by atoms with Gasteiger partial charge in [0.15, 0.2) is 5.96 Å². The number of nitrogens with zero attached hydrogens (tertiary/aromatic N) is 2. The van der Waals surface area contributed by atoms with E-state index >= 15 is 0 Å². The van der Waals surface area contributed by atoms with Crippen molar-refractivity contribution in [1.82, 2.24) is 0 Å². The number of aliphatic imine (C=N–C) groups is 1. The second-order valence-corrected chi connectivity index (χ2v) is 5.56. The summed E-state index contributed by atoms with van der Waals surface area (Å²) in [4.78, 5) is 6.43. The van der Waals surface area contributed by atoms with Gasteiger partial charge in [-0.2, -0.15) is 0 Å². The molecule has 1 heterocycles. The van der Waals surface area contributed by atoms with Crippen LogP contribution in [-0.2, 0) is 4.74 Å². The highest BCUT2D eigenvalue weighted by molar-refractivity contribution is 6.34. The Balaban J connectivity index is 2.50. The monoisotopic (exact) mass is 281 g/mol. The Morgan fingerprint density at radius 3 is 2.74 bits per heavy atom. The van der Waals surface area contributed by atoms with Gasteiger partial charge in [-0.25, -0.2) is 0 Å². The molecule has 1 unspecified atom stereocenters. The Bertz CT molecular complexity index is 489. The molecule has 1 aliphatic heterocycles. The van der Waals surface area contributed by atoms with Crippen molar-refractivity contribution in [2.24, 2.45) is 16.6 Å². The molecule has 0 aromatic heterocycles. The van der Waals surface area contributed by atoms with Gasteiger partial charge >= 0.3 is 0 Å². The number of hydrogen-bond acceptors (Lipinski definition) is 4. The SMILES string of the molecule is COCC1(C(C)C)CN=C(N)N1c1ccccc1Cl. The molecule has 0 amide bonds. The van der Waals surface area contributed by atoms with Crippen LogP contribution in [0.1, 0.15) is 13.8 Å². The molecular formula is C14H20ClN3O. The summed E-state index contributed by atoms with van der Waals surface area (Å²) in [5, 5.41) is 0.670. The van der Waals surface area contributed by atoms with E-state index in [1.54, 1.807) is 7.11 Å². The molecule has 19 heavy (non-hydrogen) atoms. The highest BCUT2D eigenvalue weighted by atomic mass is 35.5. The summed E-state index contributed by atoms with van der Waals surface area (Å²) in [7, 11) is 1.70. The van der Waals surface area contributed by atoms with E-state index in [2.05, 4.69) is 18.8 Å². The topological polar surface area (TPSA) is 50.9 Å². The molecule has 0 fully saturated rings. The minimum Gasteiger partial charge on any atom is -0.382 e. The summed E-state index contributed by atoms with van der Waals surface area (Å²) in [5.41, 5.74) is 6.69. The number of rotatable bonds is 4. The molecule has 104 valence electrons. The average Bonchev–Trinajstić information content (AvgIpc) is 2.69. The van der Waals surface area contributed by atoms with Crippen LogP contribution in [0.4, 0.5) is 5.69 Å². The Labute approximate surface area is 119 Å². The number of benzene rings is 1. The first kappa shape index (κ1) is 14.2. The zero-order valence-corrected chi connectivity index (χ0v) is 12.3. The molecule has 1 aliphatic rings. The minimum absolute atomic E-state index is 0.274. The molecule has 0 saturated heterocycles. The number of nitrogens with two attached hydrogens (primary N) is 1. The quantitative estimate of drug-likeness (QED) is 0.923. The van der Waals surface area contributed by atoms with Gasteiger partial charge in [0, 0.05) is 7.11 Å². The molecule has 1 aromatic rings. The van der Waals surface area contributed by atoms with Crippen LogP contribution in [0.3, 0.4) is 0 Å². The van der Waals surface area contributed by atoms with E-state index in [-0.39, 0.29) is 5.54 Å². The number of anilines is 1. The van der Waals surface area contributed by atoms with Crippen LogP contribution < -0.4 is 10.6 Å². The highest BCUT2D eigenvalue weighted by Gasteiger charge is 2.46. The molecule has 1 atom stereocenters. The van der Waals surface area contributed by atoms with Gasteiger partial charge in [0.1, 0.15) is 0 Å². The molecule has 2 rings (SSSR count). The number of hydrogen-bond donors (Lipinski definition) is 1. The van der Waals surface area contributed by atoms with E-state index in [1.165, 1.54) is 0 Å². The lowest BCUT2D eigenvalue weighted by molar-refractivity contribution is 0.115. The molecule has 0 aliphatic carbocycles. The number of halogens is 1. The Kier molecular flexibility index (Phi) is 4.02. The number of para-hydroxylation sites is 1. The first-order valence-electron chi connectivity index (χ1n) is 6.36. The van der Waals surface area contributed by atoms with Crippen LogP contribution in [0.5, 0.6) is 0 Å². The number of guanidine groups is 1. The van der Waals surface area contributed by atoms with Gasteiger partial charge in [0.05, 0.1) is 29.4 Å². The Morgan fingerprint density at radius 2 is 2.16 bits per heavy atom. The normalized spacial score (nSPS) is 23.0. The second kappa shape index (κ2) is 5.39. The van der Waals surface area contributed by atoms with Gasteiger partial charge in [-0.1, -0.05) is 37.6 Å². The van der Waals surface area contributed by atoms with E-state index < -0.39 is 0 Å². The van der Waals surface area contributed by atoms with Gasteiger partial charge in [-0.3, -0.25) is 4.99 Å². The van der Waals surface area contributed by atoms with Crippen molar-refractivity contribution in [3.05, 3.63) is 29.3 Å². The van der Waals surface area contributed by atoms with Crippen molar-refractivity contribution in [1.29, 1.82) is 0 Å². The lowest BCUT2D eigenvalue weighted by Gasteiger charge is -2.42. The third-order valence-electron chi connectivity index (χ3n) is 3.75. The van der Waals surface area contributed by atoms with Crippen molar-refractivity contribution < 1.29 is 4.74 Å². The van der Waals surface area contributed by atoms with E-state index in [0.29, 0.717) is 30.1 Å². The molecule has 2 N–H and O–H groups in total. The predicted molar refractivity (Wildman–Crippen MR) is 79.9 cm³/mol. The molecule has 5 heteroatoms. The fourth-order valence-electron chi connectivity index (χ4n) is 2.55. The van der Waals surface area contributed by atoms with Gasteiger partial charge in [-0.05, 0) is 18.1 Å². The van der Waals surface area contributed by atoms with Gasteiger partial charge in [0.25, 0.3) is 0 Å². The minimum atomic E-state index is -0.274.